The van der Waals surface area contributed by atoms with Crippen LogP contribution in [0.1, 0.15) is 16.7 Å². The van der Waals surface area contributed by atoms with E-state index in [2.05, 4.69) is 5.32 Å². The number of imide groups is 1. The van der Waals surface area contributed by atoms with Gasteiger partial charge in [0.1, 0.15) is 11.4 Å². The van der Waals surface area contributed by atoms with Crippen molar-refractivity contribution in [2.75, 3.05) is 17.3 Å². The summed E-state index contributed by atoms with van der Waals surface area (Å²) in [6.45, 7) is 3.73. The number of amides is 2. The number of halogens is 2. The van der Waals surface area contributed by atoms with Crippen LogP contribution in [0.5, 0.6) is 5.75 Å². The van der Waals surface area contributed by atoms with Gasteiger partial charge < -0.3 is 10.1 Å². The molecule has 3 aromatic rings. The van der Waals surface area contributed by atoms with Crippen molar-refractivity contribution in [1.82, 2.24) is 0 Å². The molecule has 2 amide bonds. The zero-order chi connectivity index (χ0) is 23.0. The minimum absolute atomic E-state index is 0.0505. The van der Waals surface area contributed by atoms with Crippen LogP contribution >= 0.6 is 0 Å². The number of carbonyl (C=O) groups excluding carboxylic acids is 2. The van der Waals surface area contributed by atoms with E-state index >= 15 is 0 Å². The minimum atomic E-state index is -1.07. The Balaban J connectivity index is 1.88. The molecule has 1 N–H and O–H groups in total. The quantitative estimate of drug-likeness (QED) is 0.575. The summed E-state index contributed by atoms with van der Waals surface area (Å²) >= 11 is 0. The summed E-state index contributed by atoms with van der Waals surface area (Å²) in [5.41, 5.74) is 2.76. The molecule has 0 aliphatic carbocycles. The first-order chi connectivity index (χ1) is 15.3. The van der Waals surface area contributed by atoms with Gasteiger partial charge in [0.25, 0.3) is 11.8 Å². The number of rotatable bonds is 5. The molecule has 5 nitrogen and oxygen atoms in total. The monoisotopic (exact) mass is 434 g/mol. The van der Waals surface area contributed by atoms with Crippen LogP contribution < -0.4 is 15.0 Å². The molecule has 3 aromatic carbocycles. The highest BCUT2D eigenvalue weighted by Crippen LogP contribution is 2.38. The summed E-state index contributed by atoms with van der Waals surface area (Å²) < 4.78 is 32.6. The number of nitrogens with one attached hydrogen (secondary N) is 1. The Morgan fingerprint density at radius 1 is 0.875 bits per heavy atom. The van der Waals surface area contributed by atoms with Crippen LogP contribution in [0.25, 0.3) is 5.57 Å². The summed E-state index contributed by atoms with van der Waals surface area (Å²) in [4.78, 5) is 28.1. The van der Waals surface area contributed by atoms with Crippen molar-refractivity contribution >= 4 is 28.8 Å². The second-order valence-electron chi connectivity index (χ2n) is 7.44. The standard InChI is InChI=1S/C25H20F2N2O3/c1-14-8-11-20(15(2)12-14)29-24(30)22(17-6-4-5-7-21(17)32-3)23(25(29)31)28-16-9-10-18(26)19(27)13-16/h4-13,28H,1-3H3. The maximum atomic E-state index is 13.8. The third kappa shape index (κ3) is 3.62. The molecule has 1 aliphatic heterocycles. The fourth-order valence-corrected chi connectivity index (χ4v) is 3.74. The van der Waals surface area contributed by atoms with Crippen molar-refractivity contribution in [3.63, 3.8) is 0 Å². The molecule has 0 spiro atoms. The summed E-state index contributed by atoms with van der Waals surface area (Å²) in [7, 11) is 1.46. The van der Waals surface area contributed by atoms with Crippen LogP contribution in [0.2, 0.25) is 0 Å². The van der Waals surface area contributed by atoms with E-state index in [1.165, 1.54) is 13.2 Å². The highest BCUT2D eigenvalue weighted by Gasteiger charge is 2.41. The lowest BCUT2D eigenvalue weighted by atomic mass is 10.0. The van der Waals surface area contributed by atoms with E-state index in [1.54, 1.807) is 30.3 Å². The van der Waals surface area contributed by atoms with Gasteiger partial charge in [-0.2, -0.15) is 0 Å². The Hall–Kier alpha value is -4.00. The average Bonchev–Trinajstić information content (AvgIpc) is 3.00. The third-order valence-corrected chi connectivity index (χ3v) is 5.24. The van der Waals surface area contributed by atoms with Gasteiger partial charge in [0.15, 0.2) is 11.6 Å². The molecule has 0 radical (unpaired) electrons. The molecule has 1 heterocycles. The number of anilines is 2. The fraction of sp³-hybridized carbons (Fsp3) is 0.120. The number of benzene rings is 3. The van der Waals surface area contributed by atoms with Crippen molar-refractivity contribution in [2.24, 2.45) is 0 Å². The summed E-state index contributed by atoms with van der Waals surface area (Å²) in [5, 5.41) is 2.82. The molecule has 0 saturated carbocycles. The first-order valence-electron chi connectivity index (χ1n) is 9.87. The maximum Gasteiger partial charge on any atom is 0.282 e. The van der Waals surface area contributed by atoms with Crippen molar-refractivity contribution in [3.8, 4) is 5.75 Å². The minimum Gasteiger partial charge on any atom is -0.496 e. The molecule has 0 unspecified atom stereocenters. The average molecular weight is 434 g/mol. The predicted octanol–water partition coefficient (Wildman–Crippen LogP) is 4.99. The Labute approximate surface area is 183 Å². The second-order valence-corrected chi connectivity index (χ2v) is 7.44. The number of methoxy groups -OCH3 is 1. The number of ether oxygens (including phenoxy) is 1. The number of aryl methyl sites for hydroxylation is 2. The predicted molar refractivity (Wildman–Crippen MR) is 118 cm³/mol. The first kappa shape index (κ1) is 21.2. The van der Waals surface area contributed by atoms with Gasteiger partial charge in [0.05, 0.1) is 18.4 Å². The van der Waals surface area contributed by atoms with Crippen LogP contribution in [0.15, 0.2) is 66.4 Å². The van der Waals surface area contributed by atoms with Crippen LogP contribution in [0, 0.1) is 25.5 Å². The summed E-state index contributed by atoms with van der Waals surface area (Å²) in [6, 6.07) is 15.4. The van der Waals surface area contributed by atoms with Crippen molar-refractivity contribution in [2.45, 2.75) is 13.8 Å². The highest BCUT2D eigenvalue weighted by atomic mass is 19.2. The summed E-state index contributed by atoms with van der Waals surface area (Å²) in [5.74, 6) is -2.84. The molecule has 7 heteroatoms. The topological polar surface area (TPSA) is 58.6 Å². The van der Waals surface area contributed by atoms with Crippen molar-refractivity contribution in [3.05, 3.63) is 94.7 Å². The van der Waals surface area contributed by atoms with E-state index in [-0.39, 0.29) is 17.0 Å². The molecule has 0 bridgehead atoms. The van der Waals surface area contributed by atoms with E-state index in [4.69, 9.17) is 4.74 Å². The lowest BCUT2D eigenvalue weighted by molar-refractivity contribution is -0.120. The molecule has 4 rings (SSSR count). The van der Waals surface area contributed by atoms with Gasteiger partial charge in [-0.15, -0.1) is 0 Å². The van der Waals surface area contributed by atoms with Gasteiger partial charge in [-0.25, -0.2) is 13.7 Å². The van der Waals surface area contributed by atoms with E-state index in [0.717, 1.165) is 28.2 Å². The summed E-state index contributed by atoms with van der Waals surface area (Å²) in [6.07, 6.45) is 0. The van der Waals surface area contributed by atoms with Gasteiger partial charge in [-0.05, 0) is 43.7 Å². The lowest BCUT2D eigenvalue weighted by Crippen LogP contribution is -2.33. The van der Waals surface area contributed by atoms with Crippen LogP contribution in [-0.2, 0) is 9.59 Å². The molecule has 0 fully saturated rings. The number of hydrogen-bond acceptors (Lipinski definition) is 4. The SMILES string of the molecule is COc1ccccc1C1=C(Nc2ccc(F)c(F)c2)C(=O)N(c2ccc(C)cc2C)C1=O. The lowest BCUT2D eigenvalue weighted by Gasteiger charge is -2.18. The van der Waals surface area contributed by atoms with Crippen LogP contribution in [0.4, 0.5) is 20.2 Å². The highest BCUT2D eigenvalue weighted by molar-refractivity contribution is 6.46. The van der Waals surface area contributed by atoms with E-state index in [9.17, 15) is 18.4 Å². The zero-order valence-corrected chi connectivity index (χ0v) is 17.7. The Bertz CT molecular complexity index is 1280. The fourth-order valence-electron chi connectivity index (χ4n) is 3.74. The Morgan fingerprint density at radius 2 is 1.62 bits per heavy atom. The van der Waals surface area contributed by atoms with Crippen LogP contribution in [-0.4, -0.2) is 18.9 Å². The first-order valence-corrected chi connectivity index (χ1v) is 9.87. The molecule has 0 atom stereocenters. The third-order valence-electron chi connectivity index (χ3n) is 5.24. The molecular formula is C25H20F2N2O3. The van der Waals surface area contributed by atoms with Crippen molar-refractivity contribution < 1.29 is 23.1 Å². The van der Waals surface area contributed by atoms with E-state index in [0.29, 0.717) is 17.0 Å². The Morgan fingerprint density at radius 3 is 2.31 bits per heavy atom. The number of nitrogens with zero attached hydrogens (tertiary/aromatic N) is 1. The van der Waals surface area contributed by atoms with Gasteiger partial charge >= 0.3 is 0 Å². The molecule has 0 saturated heterocycles. The van der Waals surface area contributed by atoms with Gasteiger partial charge in [-0.1, -0.05) is 35.9 Å². The number of para-hydroxylation sites is 1. The molecule has 32 heavy (non-hydrogen) atoms. The zero-order valence-electron chi connectivity index (χ0n) is 17.7. The van der Waals surface area contributed by atoms with E-state index in [1.807, 2.05) is 26.0 Å². The molecule has 0 aromatic heterocycles. The molecular weight excluding hydrogens is 414 g/mol. The van der Waals surface area contributed by atoms with Crippen molar-refractivity contribution in [1.29, 1.82) is 0 Å². The largest absolute Gasteiger partial charge is 0.496 e. The molecule has 1 aliphatic rings. The maximum absolute atomic E-state index is 13.8. The van der Waals surface area contributed by atoms with Gasteiger partial charge in [0.2, 0.25) is 0 Å². The van der Waals surface area contributed by atoms with E-state index < -0.39 is 23.4 Å². The Kier molecular flexibility index (Phi) is 5.48. The second kappa shape index (κ2) is 8.26. The smallest absolute Gasteiger partial charge is 0.282 e. The van der Waals surface area contributed by atoms with Gasteiger partial charge in [0, 0.05) is 17.3 Å². The normalized spacial score (nSPS) is 13.7. The molecule has 162 valence electrons. The number of carbonyl (C=O) groups is 2. The number of hydrogen-bond donors (Lipinski definition) is 1. The van der Waals surface area contributed by atoms with Gasteiger partial charge in [-0.3, -0.25) is 9.59 Å². The van der Waals surface area contributed by atoms with Crippen LogP contribution in [0.3, 0.4) is 0 Å².